The molecule has 4 saturated carbocycles. The Kier molecular flexibility index (Phi) is 3.88. The van der Waals surface area contributed by atoms with Gasteiger partial charge < -0.3 is 10.2 Å². The second-order valence-electron chi connectivity index (χ2n) is 10.6. The molecule has 0 saturated heterocycles. The molecule has 5 rings (SSSR count). The third-order valence-corrected chi connectivity index (χ3v) is 8.36. The van der Waals surface area contributed by atoms with E-state index < -0.39 is 22.8 Å². The third-order valence-electron chi connectivity index (χ3n) is 8.36. The maximum Gasteiger partial charge on any atom is 0.313 e. The van der Waals surface area contributed by atoms with Crippen LogP contribution in [-0.4, -0.2) is 22.2 Å². The van der Waals surface area contributed by atoms with Gasteiger partial charge in [0.25, 0.3) is 0 Å². The Labute approximate surface area is 156 Å². The lowest BCUT2D eigenvalue weighted by atomic mass is 9.45. The summed E-state index contributed by atoms with van der Waals surface area (Å²) in [5.74, 6) is 0.458. The number of carboxylic acid groups (broad SMARTS) is 2. The SMILES string of the molecule is CC(C)C1(C(=O)O)C=C(C23CC4CC(CC(C4)C2)C3)CC(C)(C(=O)O)C1. The van der Waals surface area contributed by atoms with E-state index in [-0.39, 0.29) is 17.8 Å². The molecule has 26 heavy (non-hydrogen) atoms. The molecule has 0 radical (unpaired) electrons. The van der Waals surface area contributed by atoms with Gasteiger partial charge in [0.1, 0.15) is 0 Å². The zero-order chi connectivity index (χ0) is 18.9. The van der Waals surface area contributed by atoms with E-state index in [0.29, 0.717) is 6.42 Å². The van der Waals surface area contributed by atoms with Gasteiger partial charge in [0.15, 0.2) is 0 Å². The summed E-state index contributed by atoms with van der Waals surface area (Å²) in [6, 6.07) is 0. The molecule has 4 fully saturated rings. The molecule has 0 heterocycles. The minimum absolute atomic E-state index is 0.0709. The zero-order valence-electron chi connectivity index (χ0n) is 16.3. The number of carboxylic acids is 2. The quantitative estimate of drug-likeness (QED) is 0.710. The van der Waals surface area contributed by atoms with Gasteiger partial charge in [-0.25, -0.2) is 0 Å². The van der Waals surface area contributed by atoms with Crippen molar-refractivity contribution < 1.29 is 19.8 Å². The zero-order valence-corrected chi connectivity index (χ0v) is 16.3. The Hall–Kier alpha value is -1.32. The lowest BCUT2D eigenvalue weighted by molar-refractivity contribution is -0.158. The molecule has 144 valence electrons. The Bertz CT molecular complexity index is 640. The predicted octanol–water partition coefficient (Wildman–Crippen LogP) is 4.74. The average molecular weight is 360 g/mol. The first-order valence-corrected chi connectivity index (χ1v) is 10.3. The van der Waals surface area contributed by atoms with Crippen LogP contribution in [0.5, 0.6) is 0 Å². The van der Waals surface area contributed by atoms with Crippen LogP contribution in [0.25, 0.3) is 0 Å². The maximum atomic E-state index is 12.4. The molecular weight excluding hydrogens is 328 g/mol. The number of hydrogen-bond acceptors (Lipinski definition) is 2. The average Bonchev–Trinajstić information content (AvgIpc) is 2.52. The molecule has 2 unspecified atom stereocenters. The lowest BCUT2D eigenvalue weighted by Gasteiger charge is -2.59. The van der Waals surface area contributed by atoms with E-state index in [4.69, 9.17) is 0 Å². The predicted molar refractivity (Wildman–Crippen MR) is 98.6 cm³/mol. The topological polar surface area (TPSA) is 74.6 Å². The van der Waals surface area contributed by atoms with Crippen LogP contribution in [0.3, 0.4) is 0 Å². The lowest BCUT2D eigenvalue weighted by Crippen LogP contribution is -2.51. The van der Waals surface area contributed by atoms with Crippen molar-refractivity contribution in [2.45, 2.75) is 72.1 Å². The number of aliphatic carboxylic acids is 2. The van der Waals surface area contributed by atoms with Gasteiger partial charge in [0, 0.05) is 0 Å². The van der Waals surface area contributed by atoms with Crippen molar-refractivity contribution in [2.75, 3.05) is 0 Å². The summed E-state index contributed by atoms with van der Waals surface area (Å²) in [5.41, 5.74) is -0.814. The molecule has 4 nitrogen and oxygen atoms in total. The highest BCUT2D eigenvalue weighted by Gasteiger charge is 2.58. The van der Waals surface area contributed by atoms with Crippen molar-refractivity contribution in [2.24, 2.45) is 39.9 Å². The molecule has 0 amide bonds. The second-order valence-corrected chi connectivity index (χ2v) is 10.6. The second kappa shape index (κ2) is 5.59. The number of rotatable bonds is 4. The van der Waals surface area contributed by atoms with Crippen molar-refractivity contribution in [3.63, 3.8) is 0 Å². The van der Waals surface area contributed by atoms with Crippen molar-refractivity contribution in [1.29, 1.82) is 0 Å². The molecule has 5 aliphatic rings. The highest BCUT2D eigenvalue weighted by Crippen LogP contribution is 2.66. The molecule has 0 aromatic carbocycles. The van der Waals surface area contributed by atoms with Crippen LogP contribution < -0.4 is 0 Å². The Morgan fingerprint density at radius 3 is 1.88 bits per heavy atom. The third kappa shape index (κ3) is 2.47. The molecule has 0 spiro atoms. The first kappa shape index (κ1) is 18.1. The fourth-order valence-corrected chi connectivity index (χ4v) is 7.29. The number of allylic oxidation sites excluding steroid dienone is 1. The van der Waals surface area contributed by atoms with Gasteiger partial charge in [0.2, 0.25) is 0 Å². The van der Waals surface area contributed by atoms with Crippen LogP contribution in [-0.2, 0) is 9.59 Å². The van der Waals surface area contributed by atoms with Crippen molar-refractivity contribution in [3.05, 3.63) is 11.6 Å². The first-order valence-electron chi connectivity index (χ1n) is 10.3. The minimum Gasteiger partial charge on any atom is -0.481 e. The molecule has 2 N–H and O–H groups in total. The van der Waals surface area contributed by atoms with Crippen LogP contribution in [0, 0.1) is 39.9 Å². The van der Waals surface area contributed by atoms with Gasteiger partial charge in [-0.05, 0) is 87.4 Å². The molecule has 0 aromatic heterocycles. The Balaban J connectivity index is 1.82. The van der Waals surface area contributed by atoms with Gasteiger partial charge in [-0.2, -0.15) is 0 Å². The van der Waals surface area contributed by atoms with Crippen molar-refractivity contribution in [3.8, 4) is 0 Å². The monoisotopic (exact) mass is 360 g/mol. The Morgan fingerprint density at radius 2 is 1.50 bits per heavy atom. The van der Waals surface area contributed by atoms with Crippen molar-refractivity contribution >= 4 is 11.9 Å². The summed E-state index contributed by atoms with van der Waals surface area (Å²) in [6.07, 6.45) is 10.2. The summed E-state index contributed by atoms with van der Waals surface area (Å²) < 4.78 is 0. The van der Waals surface area contributed by atoms with Crippen LogP contribution in [0.4, 0.5) is 0 Å². The van der Waals surface area contributed by atoms with Gasteiger partial charge in [0.05, 0.1) is 10.8 Å². The molecular formula is C22H32O4. The van der Waals surface area contributed by atoms with Crippen LogP contribution >= 0.6 is 0 Å². The number of hydrogen-bond donors (Lipinski definition) is 2. The van der Waals surface area contributed by atoms with E-state index in [1.807, 2.05) is 19.9 Å². The smallest absolute Gasteiger partial charge is 0.313 e. The van der Waals surface area contributed by atoms with Crippen molar-refractivity contribution in [1.82, 2.24) is 0 Å². The largest absolute Gasteiger partial charge is 0.481 e. The normalized spacial score (nSPS) is 47.1. The number of carbonyl (C=O) groups is 2. The van der Waals surface area contributed by atoms with Gasteiger partial charge in [-0.1, -0.05) is 25.5 Å². The van der Waals surface area contributed by atoms with Crippen LogP contribution in [0.15, 0.2) is 11.6 Å². The highest BCUT2D eigenvalue weighted by atomic mass is 16.4. The summed E-state index contributed by atoms with van der Waals surface area (Å²) in [6.45, 7) is 5.62. The molecule has 2 atom stereocenters. The molecule has 4 bridgehead atoms. The van der Waals surface area contributed by atoms with Gasteiger partial charge in [-0.15, -0.1) is 0 Å². The van der Waals surface area contributed by atoms with Gasteiger partial charge >= 0.3 is 11.9 Å². The van der Waals surface area contributed by atoms with E-state index in [2.05, 4.69) is 0 Å². The Morgan fingerprint density at radius 1 is 1.00 bits per heavy atom. The summed E-state index contributed by atoms with van der Waals surface area (Å²) in [4.78, 5) is 24.5. The van der Waals surface area contributed by atoms with E-state index in [9.17, 15) is 19.8 Å². The molecule has 4 heteroatoms. The highest BCUT2D eigenvalue weighted by molar-refractivity contribution is 5.82. The maximum absolute atomic E-state index is 12.4. The van der Waals surface area contributed by atoms with E-state index in [1.54, 1.807) is 6.92 Å². The summed E-state index contributed by atoms with van der Waals surface area (Å²) in [7, 11) is 0. The van der Waals surface area contributed by atoms with Crippen LogP contribution in [0.1, 0.15) is 72.1 Å². The summed E-state index contributed by atoms with van der Waals surface area (Å²) >= 11 is 0. The van der Waals surface area contributed by atoms with Gasteiger partial charge in [-0.3, -0.25) is 9.59 Å². The first-order chi connectivity index (χ1) is 12.1. The molecule has 5 aliphatic carbocycles. The van der Waals surface area contributed by atoms with E-state index in [0.717, 1.165) is 37.0 Å². The fraction of sp³-hybridized carbons (Fsp3) is 0.818. The van der Waals surface area contributed by atoms with Crippen LogP contribution in [0.2, 0.25) is 0 Å². The van der Waals surface area contributed by atoms with E-state index in [1.165, 1.54) is 24.8 Å². The minimum atomic E-state index is -1.07. The fourth-order valence-electron chi connectivity index (χ4n) is 7.29. The molecule has 0 aromatic rings. The standard InChI is InChI=1S/C22H32O4/c1-13(2)22(19(25)26)11-17(10-20(3,12-22)18(23)24)21-7-14-4-15(8-21)6-16(5-14)9-21/h11,13-16H,4-10,12H2,1-3H3,(H,23,24)(H,25,26). The summed E-state index contributed by atoms with van der Waals surface area (Å²) in [5, 5.41) is 20.1. The van der Waals surface area contributed by atoms with E-state index >= 15 is 0 Å². The molecule has 0 aliphatic heterocycles.